The number of hydroxylamine groups is 2. The van der Waals surface area contributed by atoms with Gasteiger partial charge in [0.2, 0.25) is 16.6 Å². The lowest BCUT2D eigenvalue weighted by Gasteiger charge is -2.24. The van der Waals surface area contributed by atoms with Gasteiger partial charge in [0.25, 0.3) is 0 Å². The molecule has 0 aliphatic carbocycles. The van der Waals surface area contributed by atoms with Gasteiger partial charge in [0.05, 0.1) is 12.6 Å². The largest absolute Gasteiger partial charge is 0.449 e. The van der Waals surface area contributed by atoms with E-state index in [0.717, 1.165) is 12.3 Å². The van der Waals surface area contributed by atoms with Crippen LogP contribution in [0.2, 0.25) is 26.2 Å². The maximum absolute atomic E-state index is 6.67. The minimum absolute atomic E-state index is 0.0861. The average molecular weight is 432 g/mol. The van der Waals surface area contributed by atoms with Crippen molar-refractivity contribution in [2.24, 2.45) is 0 Å². The van der Waals surface area contributed by atoms with Gasteiger partial charge in [0, 0.05) is 5.56 Å². The van der Waals surface area contributed by atoms with Crippen LogP contribution in [0.4, 0.5) is 0 Å². The van der Waals surface area contributed by atoms with Crippen LogP contribution in [0.3, 0.4) is 0 Å². The highest BCUT2D eigenvalue weighted by molar-refractivity contribution is 7.05. The molecule has 3 aromatic rings. The van der Waals surface area contributed by atoms with Crippen molar-refractivity contribution in [3.8, 4) is 5.75 Å². The molecule has 0 radical (unpaired) electrons. The van der Waals surface area contributed by atoms with Gasteiger partial charge in [0.15, 0.2) is 5.75 Å². The summed E-state index contributed by atoms with van der Waals surface area (Å²) in [5.74, 6) is 0.991. The lowest BCUT2D eigenvalue weighted by Crippen LogP contribution is -2.44. The summed E-state index contributed by atoms with van der Waals surface area (Å²) in [6, 6.07) is 24.2. The highest BCUT2D eigenvalue weighted by Crippen LogP contribution is 2.42. The monoisotopic (exact) mass is 431 g/mol. The number of hydrogen-bond acceptors (Lipinski definition) is 3. The molecule has 1 unspecified atom stereocenters. The summed E-state index contributed by atoms with van der Waals surface area (Å²) in [6.07, 6.45) is 0. The van der Waals surface area contributed by atoms with Gasteiger partial charge in [-0.25, -0.2) is 0 Å². The van der Waals surface area contributed by atoms with Crippen LogP contribution >= 0.6 is 0 Å². The summed E-state index contributed by atoms with van der Waals surface area (Å²) < 4.78 is 6.67. The van der Waals surface area contributed by atoms with Crippen molar-refractivity contribution < 1.29 is 8.95 Å². The minimum atomic E-state index is -1.88. The van der Waals surface area contributed by atoms with Crippen molar-refractivity contribution in [1.29, 1.82) is 0 Å². The summed E-state index contributed by atoms with van der Waals surface area (Å²) in [4.78, 5) is 6.51. The zero-order chi connectivity index (χ0) is 21.1. The lowest BCUT2D eigenvalue weighted by atomic mass is 9.98. The number of nitrogens with zero attached hydrogens (tertiary/aromatic N) is 1. The van der Waals surface area contributed by atoms with Gasteiger partial charge in [-0.2, -0.15) is 0 Å². The Labute approximate surface area is 181 Å². The van der Waals surface area contributed by atoms with Gasteiger partial charge in [-0.3, -0.25) is 0 Å². The van der Waals surface area contributed by atoms with E-state index in [4.69, 9.17) is 8.95 Å². The maximum atomic E-state index is 6.67. The van der Waals surface area contributed by atoms with Crippen LogP contribution in [0.1, 0.15) is 28.3 Å². The van der Waals surface area contributed by atoms with Crippen LogP contribution in [0.15, 0.2) is 66.7 Å². The van der Waals surface area contributed by atoms with E-state index >= 15 is 0 Å². The van der Waals surface area contributed by atoms with Crippen molar-refractivity contribution in [3.05, 3.63) is 89.0 Å². The number of fused-ring (bicyclic) bond motifs is 2. The molecule has 0 saturated heterocycles. The molecular formula is C25H29NO2Si2. The van der Waals surface area contributed by atoms with Crippen molar-refractivity contribution in [3.63, 3.8) is 0 Å². The predicted molar refractivity (Wildman–Crippen MR) is 127 cm³/mol. The lowest BCUT2D eigenvalue weighted by molar-refractivity contribution is -0.0682. The van der Waals surface area contributed by atoms with Gasteiger partial charge in [0.1, 0.15) is 0 Å². The van der Waals surface area contributed by atoms with E-state index in [0.29, 0.717) is 0 Å². The quantitative estimate of drug-likeness (QED) is 0.559. The van der Waals surface area contributed by atoms with Crippen LogP contribution in [-0.4, -0.2) is 21.7 Å². The van der Waals surface area contributed by atoms with E-state index < -0.39 is 16.6 Å². The maximum Gasteiger partial charge on any atom is 0.206 e. The molecule has 3 aromatic carbocycles. The average Bonchev–Trinajstić information content (AvgIpc) is 3.13. The van der Waals surface area contributed by atoms with Crippen molar-refractivity contribution in [1.82, 2.24) is 5.06 Å². The van der Waals surface area contributed by atoms with Crippen LogP contribution in [0.5, 0.6) is 5.75 Å². The SMILES string of the molecule is Cc1ccc(CN2Oc3cc4c(cc3C2c2ccccc2)[Si](C)(C)O[Si]4(C)C)cc1. The van der Waals surface area contributed by atoms with Crippen molar-refractivity contribution in [2.75, 3.05) is 0 Å². The fourth-order valence-electron chi connectivity index (χ4n) is 4.95. The Balaban J connectivity index is 1.61. The first-order chi connectivity index (χ1) is 14.2. The molecule has 30 heavy (non-hydrogen) atoms. The minimum Gasteiger partial charge on any atom is -0.449 e. The third-order valence-corrected chi connectivity index (χ3v) is 14.1. The van der Waals surface area contributed by atoms with Crippen molar-refractivity contribution in [2.45, 2.75) is 45.7 Å². The first-order valence-corrected chi connectivity index (χ1v) is 16.5. The molecular weight excluding hydrogens is 402 g/mol. The fraction of sp³-hybridized carbons (Fsp3) is 0.280. The molecule has 0 amide bonds. The summed E-state index contributed by atoms with van der Waals surface area (Å²) in [6.45, 7) is 12.2. The first-order valence-electron chi connectivity index (χ1n) is 10.7. The second-order valence-electron chi connectivity index (χ2n) is 9.52. The summed E-state index contributed by atoms with van der Waals surface area (Å²) >= 11 is 0. The standard InChI is InChI=1S/C25H29NO2Si2/c1-18-11-13-19(14-12-18)17-26-25(20-9-7-6-8-10-20)21-15-23-24(16-22(21)27-26)30(4,5)28-29(23,2)3/h6-16,25H,17H2,1-5H3. The summed E-state index contributed by atoms with van der Waals surface area (Å²) in [5.41, 5.74) is 5.07. The smallest absolute Gasteiger partial charge is 0.206 e. The molecule has 5 heteroatoms. The van der Waals surface area contributed by atoms with Gasteiger partial charge in [-0.05, 0) is 60.7 Å². The zero-order valence-electron chi connectivity index (χ0n) is 18.4. The van der Waals surface area contributed by atoms with Gasteiger partial charge in [-0.15, -0.1) is 5.06 Å². The Morgan fingerprint density at radius 1 is 0.833 bits per heavy atom. The molecule has 2 aliphatic heterocycles. The zero-order valence-corrected chi connectivity index (χ0v) is 20.4. The molecule has 0 spiro atoms. The second kappa shape index (κ2) is 6.92. The van der Waals surface area contributed by atoms with E-state index in [1.54, 1.807) is 0 Å². The van der Waals surface area contributed by atoms with Gasteiger partial charge < -0.3 is 8.95 Å². The molecule has 2 aliphatic rings. The number of aryl methyl sites for hydroxylation is 1. The Hall–Kier alpha value is -2.19. The van der Waals surface area contributed by atoms with Gasteiger partial charge >= 0.3 is 0 Å². The van der Waals surface area contributed by atoms with Crippen LogP contribution < -0.4 is 15.2 Å². The molecule has 154 valence electrons. The molecule has 0 fully saturated rings. The van der Waals surface area contributed by atoms with E-state index in [-0.39, 0.29) is 6.04 Å². The molecule has 0 N–H and O–H groups in total. The van der Waals surface area contributed by atoms with E-state index in [1.807, 2.05) is 0 Å². The van der Waals surface area contributed by atoms with E-state index in [1.165, 1.54) is 32.6 Å². The normalized spacial score (nSPS) is 21.2. The highest BCUT2D eigenvalue weighted by Gasteiger charge is 2.48. The molecule has 2 heterocycles. The molecule has 1 atom stereocenters. The van der Waals surface area contributed by atoms with Crippen LogP contribution in [0, 0.1) is 6.92 Å². The van der Waals surface area contributed by atoms with Gasteiger partial charge in [-0.1, -0.05) is 66.2 Å². The molecule has 0 saturated carbocycles. The van der Waals surface area contributed by atoms with Crippen LogP contribution in [-0.2, 0) is 10.7 Å². The topological polar surface area (TPSA) is 21.7 Å². The Morgan fingerprint density at radius 3 is 2.13 bits per heavy atom. The Kier molecular flexibility index (Phi) is 4.56. The summed E-state index contributed by atoms with van der Waals surface area (Å²) in [7, 11) is -3.76. The number of benzene rings is 3. The molecule has 0 bridgehead atoms. The third-order valence-electron chi connectivity index (χ3n) is 6.33. The van der Waals surface area contributed by atoms with E-state index in [2.05, 4.69) is 105 Å². The predicted octanol–water partition coefficient (Wildman–Crippen LogP) is 4.75. The Morgan fingerprint density at radius 2 is 1.47 bits per heavy atom. The van der Waals surface area contributed by atoms with Crippen LogP contribution in [0.25, 0.3) is 0 Å². The molecule has 5 rings (SSSR count). The first kappa shape index (κ1) is 19.8. The fourth-order valence-corrected chi connectivity index (χ4v) is 15.2. The second-order valence-corrected chi connectivity index (χ2v) is 17.5. The Bertz CT molecular complexity index is 1090. The molecule has 0 aromatic heterocycles. The number of rotatable bonds is 3. The third kappa shape index (κ3) is 3.26. The van der Waals surface area contributed by atoms with E-state index in [9.17, 15) is 0 Å². The number of hydrogen-bond donors (Lipinski definition) is 0. The summed E-state index contributed by atoms with van der Waals surface area (Å²) in [5, 5.41) is 5.02. The van der Waals surface area contributed by atoms with Crippen molar-refractivity contribution >= 4 is 27.0 Å². The molecule has 3 nitrogen and oxygen atoms in total. The highest BCUT2D eigenvalue weighted by atomic mass is 28.4.